The molecule has 0 saturated heterocycles. The average molecular weight is 560 g/mol. The molecule has 11 heteroatoms. The molecule has 2 N–H and O–H groups in total. The summed E-state index contributed by atoms with van der Waals surface area (Å²) in [5, 5.41) is 4.31. The molecule has 2 fully saturated rings. The third kappa shape index (κ3) is 5.72. The van der Waals surface area contributed by atoms with E-state index in [1.807, 2.05) is 0 Å². The number of halogens is 4. The summed E-state index contributed by atoms with van der Waals surface area (Å²) >= 11 is 5.84. The largest absolute Gasteiger partial charge is 0.417 e. The number of hydrogen-bond donors (Lipinski definition) is 2. The lowest BCUT2D eigenvalue weighted by Crippen LogP contribution is -2.29. The van der Waals surface area contributed by atoms with Crippen molar-refractivity contribution in [3.8, 4) is 0 Å². The number of aromatic amines is 1. The second kappa shape index (κ2) is 10.6. The Bertz CT molecular complexity index is 1460. The summed E-state index contributed by atoms with van der Waals surface area (Å²) < 4.78 is 41.8. The second-order valence-electron chi connectivity index (χ2n) is 11.1. The van der Waals surface area contributed by atoms with Crippen molar-refractivity contribution in [2.24, 2.45) is 5.92 Å². The van der Waals surface area contributed by atoms with Crippen LogP contribution in [-0.2, 0) is 12.6 Å². The summed E-state index contributed by atoms with van der Waals surface area (Å²) in [6.07, 6.45) is 7.91. The molecule has 2 atom stereocenters. The van der Waals surface area contributed by atoms with Gasteiger partial charge in [0, 0.05) is 31.2 Å². The Morgan fingerprint density at radius 3 is 2.79 bits per heavy atom. The number of hydrogen-bond acceptors (Lipinski definition) is 5. The van der Waals surface area contributed by atoms with Gasteiger partial charge in [-0.05, 0) is 76.2 Å². The standard InChI is InChI=1S/C28H33ClF3N7/c1-38(11-3-2-7-25-36-22-13-20(28(30,31)32)21(29)14-23(22)37-25)15-17-5-4-6-24(17)39-12-10-19-26(35-18-8-9-18)33-16-34-27(19)39/h10,12-14,16-18,24H,2-9,11,15H2,1H3,(H,36,37)(H,33,34,35). The van der Waals surface area contributed by atoms with Crippen LogP contribution in [0.25, 0.3) is 22.1 Å². The van der Waals surface area contributed by atoms with Crippen molar-refractivity contribution in [3.63, 3.8) is 0 Å². The minimum Gasteiger partial charge on any atom is -0.367 e. The number of nitrogens with zero attached hydrogens (tertiary/aromatic N) is 5. The van der Waals surface area contributed by atoms with Crippen LogP contribution >= 0.6 is 11.6 Å². The number of alkyl halides is 3. The fraction of sp³-hybridized carbons (Fsp3) is 0.536. The number of aryl methyl sites for hydroxylation is 1. The fourth-order valence-corrected chi connectivity index (χ4v) is 6.22. The van der Waals surface area contributed by atoms with Gasteiger partial charge in [0.15, 0.2) is 0 Å². The van der Waals surface area contributed by atoms with Crippen LogP contribution in [0.15, 0.2) is 30.7 Å². The maximum absolute atomic E-state index is 13.2. The predicted octanol–water partition coefficient (Wildman–Crippen LogP) is 6.85. The van der Waals surface area contributed by atoms with E-state index in [1.165, 1.54) is 31.7 Å². The predicted molar refractivity (Wildman–Crippen MR) is 147 cm³/mol. The molecule has 2 aliphatic rings. The van der Waals surface area contributed by atoms with Gasteiger partial charge in [0.25, 0.3) is 0 Å². The quantitative estimate of drug-likeness (QED) is 0.208. The number of H-pyrrole nitrogens is 1. The minimum atomic E-state index is -4.49. The van der Waals surface area contributed by atoms with E-state index in [0.29, 0.717) is 41.3 Å². The number of benzene rings is 1. The van der Waals surface area contributed by atoms with Gasteiger partial charge in [-0.2, -0.15) is 13.2 Å². The lowest BCUT2D eigenvalue weighted by Gasteiger charge is -2.27. The van der Waals surface area contributed by atoms with Crippen molar-refractivity contribution in [2.45, 2.75) is 69.6 Å². The van der Waals surface area contributed by atoms with Gasteiger partial charge < -0.3 is 19.8 Å². The number of nitrogens with one attached hydrogen (secondary N) is 2. The van der Waals surface area contributed by atoms with Crippen LogP contribution in [0.5, 0.6) is 0 Å². The van der Waals surface area contributed by atoms with Crippen molar-refractivity contribution in [1.29, 1.82) is 0 Å². The van der Waals surface area contributed by atoms with Crippen LogP contribution in [0.4, 0.5) is 19.0 Å². The molecule has 4 aromatic rings. The number of imidazole rings is 1. The Hall–Kier alpha value is -2.85. The number of unbranched alkanes of at least 4 members (excludes halogenated alkanes) is 1. The van der Waals surface area contributed by atoms with Crippen molar-refractivity contribution in [2.75, 3.05) is 25.5 Å². The highest BCUT2D eigenvalue weighted by Crippen LogP contribution is 2.39. The zero-order chi connectivity index (χ0) is 27.1. The van der Waals surface area contributed by atoms with E-state index < -0.39 is 11.7 Å². The highest BCUT2D eigenvalue weighted by molar-refractivity contribution is 6.32. The first-order chi connectivity index (χ1) is 18.8. The molecule has 0 spiro atoms. The molecule has 0 bridgehead atoms. The summed E-state index contributed by atoms with van der Waals surface area (Å²) in [5.41, 5.74) is 1.01. The van der Waals surface area contributed by atoms with E-state index >= 15 is 0 Å². The Kier molecular flexibility index (Phi) is 7.18. The summed E-state index contributed by atoms with van der Waals surface area (Å²) in [6.45, 7) is 1.98. The molecule has 0 amide bonds. The van der Waals surface area contributed by atoms with Gasteiger partial charge in [0.05, 0.1) is 27.0 Å². The number of fused-ring (bicyclic) bond motifs is 2. The van der Waals surface area contributed by atoms with E-state index in [1.54, 1.807) is 6.33 Å². The molecule has 2 aliphatic carbocycles. The SMILES string of the molecule is CN(CCCCc1nc2cc(Cl)c(C(F)(F)F)cc2[nH]1)CC1CCCC1n1ccc2c(NC3CC3)ncnc21. The van der Waals surface area contributed by atoms with E-state index in [9.17, 15) is 13.2 Å². The number of aromatic nitrogens is 5. The monoisotopic (exact) mass is 559 g/mol. The Balaban J connectivity index is 1.03. The molecule has 2 saturated carbocycles. The van der Waals surface area contributed by atoms with Crippen LogP contribution < -0.4 is 5.32 Å². The Morgan fingerprint density at radius 1 is 1.15 bits per heavy atom. The van der Waals surface area contributed by atoms with E-state index in [0.717, 1.165) is 55.3 Å². The van der Waals surface area contributed by atoms with Gasteiger partial charge in [-0.1, -0.05) is 18.0 Å². The zero-order valence-corrected chi connectivity index (χ0v) is 22.7. The summed E-state index contributed by atoms with van der Waals surface area (Å²) in [4.78, 5) is 19.0. The van der Waals surface area contributed by atoms with E-state index in [-0.39, 0.29) is 5.02 Å². The number of rotatable bonds is 10. The topological polar surface area (TPSA) is 74.7 Å². The molecule has 3 heterocycles. The van der Waals surface area contributed by atoms with Gasteiger partial charge >= 0.3 is 6.18 Å². The Labute approximate surface area is 230 Å². The molecule has 2 unspecified atom stereocenters. The first kappa shape index (κ1) is 26.4. The van der Waals surface area contributed by atoms with Gasteiger partial charge in [-0.15, -0.1) is 0 Å². The summed E-state index contributed by atoms with van der Waals surface area (Å²) in [7, 11) is 2.17. The Morgan fingerprint density at radius 2 is 2.00 bits per heavy atom. The maximum atomic E-state index is 13.2. The molecule has 39 heavy (non-hydrogen) atoms. The van der Waals surface area contributed by atoms with Crippen LogP contribution in [0.2, 0.25) is 5.02 Å². The first-order valence-electron chi connectivity index (χ1n) is 13.8. The summed E-state index contributed by atoms with van der Waals surface area (Å²) in [5.74, 6) is 2.19. The highest BCUT2D eigenvalue weighted by atomic mass is 35.5. The molecule has 1 aromatic carbocycles. The first-order valence-corrected chi connectivity index (χ1v) is 14.2. The third-order valence-electron chi connectivity index (χ3n) is 8.08. The number of anilines is 1. The van der Waals surface area contributed by atoms with Crippen LogP contribution in [0.3, 0.4) is 0 Å². The second-order valence-corrected chi connectivity index (χ2v) is 11.5. The zero-order valence-electron chi connectivity index (χ0n) is 21.9. The van der Waals surface area contributed by atoms with Gasteiger partial charge in [-0.25, -0.2) is 15.0 Å². The van der Waals surface area contributed by atoms with Crippen molar-refractivity contribution in [1.82, 2.24) is 29.4 Å². The van der Waals surface area contributed by atoms with E-state index in [2.05, 4.69) is 54.0 Å². The van der Waals surface area contributed by atoms with Gasteiger partial charge in [0.2, 0.25) is 0 Å². The molecule has 6 rings (SSSR count). The van der Waals surface area contributed by atoms with Crippen molar-refractivity contribution in [3.05, 3.63) is 47.1 Å². The molecular weight excluding hydrogens is 527 g/mol. The smallest absolute Gasteiger partial charge is 0.367 e. The molecule has 208 valence electrons. The third-order valence-corrected chi connectivity index (χ3v) is 8.39. The van der Waals surface area contributed by atoms with Crippen LogP contribution in [0.1, 0.15) is 62.4 Å². The maximum Gasteiger partial charge on any atom is 0.417 e. The lowest BCUT2D eigenvalue weighted by molar-refractivity contribution is -0.137. The minimum absolute atomic E-state index is 0.324. The molecule has 3 aromatic heterocycles. The van der Waals surface area contributed by atoms with Crippen LogP contribution in [-0.4, -0.2) is 55.6 Å². The van der Waals surface area contributed by atoms with Gasteiger partial charge in [-0.3, -0.25) is 0 Å². The van der Waals surface area contributed by atoms with Crippen molar-refractivity contribution >= 4 is 39.5 Å². The normalized spacial score (nSPS) is 20.1. The average Bonchev–Trinajstić information content (AvgIpc) is 3.24. The molecule has 0 radical (unpaired) electrons. The van der Waals surface area contributed by atoms with Gasteiger partial charge in [0.1, 0.15) is 23.6 Å². The highest BCUT2D eigenvalue weighted by Gasteiger charge is 2.34. The molecule has 0 aliphatic heterocycles. The van der Waals surface area contributed by atoms with Crippen LogP contribution in [0, 0.1) is 5.92 Å². The molecular formula is C28H33ClF3N7. The molecule has 7 nitrogen and oxygen atoms in total. The summed E-state index contributed by atoms with van der Waals surface area (Å²) in [6, 6.07) is 5.46. The van der Waals surface area contributed by atoms with E-state index in [4.69, 9.17) is 11.6 Å². The fourth-order valence-electron chi connectivity index (χ4n) is 5.96. The van der Waals surface area contributed by atoms with Crippen molar-refractivity contribution < 1.29 is 13.2 Å². The lowest BCUT2D eigenvalue weighted by atomic mass is 10.0.